The van der Waals surface area contributed by atoms with Gasteiger partial charge in [0, 0.05) is 19.6 Å². The Morgan fingerprint density at radius 3 is 2.79 bits per heavy atom. The van der Waals surface area contributed by atoms with Crippen LogP contribution in [0, 0.1) is 0 Å². The van der Waals surface area contributed by atoms with Gasteiger partial charge in [-0.1, -0.05) is 0 Å². The highest BCUT2D eigenvalue weighted by Gasteiger charge is 2.56. The third-order valence-corrected chi connectivity index (χ3v) is 5.44. The van der Waals surface area contributed by atoms with Gasteiger partial charge in [-0.2, -0.15) is 0 Å². The van der Waals surface area contributed by atoms with Crippen LogP contribution >= 0.6 is 0 Å². The summed E-state index contributed by atoms with van der Waals surface area (Å²) < 4.78 is 22.8. The quantitative estimate of drug-likeness (QED) is 0.633. The number of nitrogens with one attached hydrogen (secondary N) is 1. The fraction of sp³-hybridized carbons (Fsp3) is 0.875. The van der Waals surface area contributed by atoms with Crippen LogP contribution in [-0.2, 0) is 14.6 Å². The molecule has 0 saturated carbocycles. The highest BCUT2D eigenvalue weighted by Crippen LogP contribution is 2.35. The van der Waals surface area contributed by atoms with Gasteiger partial charge in [-0.05, 0) is 13.5 Å². The number of hydrogen-bond acceptors (Lipinski definition) is 4. The Labute approximate surface area is 83.4 Å². The van der Waals surface area contributed by atoms with Crippen LogP contribution in [0.2, 0.25) is 0 Å². The molecule has 2 atom stereocenters. The molecule has 1 amide bonds. The number of likely N-dealkylation sites (N-methyl/N-ethyl adjacent to an activating group) is 1. The van der Waals surface area contributed by atoms with E-state index in [0.717, 1.165) is 0 Å². The van der Waals surface area contributed by atoms with Crippen molar-refractivity contribution in [3.8, 4) is 0 Å². The first kappa shape index (κ1) is 9.92. The molecule has 80 valence electrons. The maximum absolute atomic E-state index is 11.6. The number of amides is 1. The predicted molar refractivity (Wildman–Crippen MR) is 51.6 cm³/mol. The zero-order valence-corrected chi connectivity index (χ0v) is 8.88. The van der Waals surface area contributed by atoms with Crippen LogP contribution in [0.5, 0.6) is 0 Å². The first-order valence-electron chi connectivity index (χ1n) is 4.73. The number of sulfone groups is 1. The van der Waals surface area contributed by atoms with Crippen LogP contribution in [0.3, 0.4) is 0 Å². The van der Waals surface area contributed by atoms with E-state index in [1.54, 1.807) is 4.90 Å². The largest absolute Gasteiger partial charge is 0.339 e. The topological polar surface area (TPSA) is 66.5 Å². The highest BCUT2D eigenvalue weighted by atomic mass is 32.2. The lowest BCUT2D eigenvalue weighted by Crippen LogP contribution is -2.65. The summed E-state index contributed by atoms with van der Waals surface area (Å²) in [5.74, 6) is -0.206. The van der Waals surface area contributed by atoms with Gasteiger partial charge in [0.15, 0.2) is 9.84 Å². The normalized spacial score (nSPS) is 34.1. The van der Waals surface area contributed by atoms with Crippen LogP contribution in [0.4, 0.5) is 0 Å². The fourth-order valence-corrected chi connectivity index (χ4v) is 3.91. The smallest absolute Gasteiger partial charge is 0.241 e. The first-order chi connectivity index (χ1) is 6.57. The minimum Gasteiger partial charge on any atom is -0.339 e. The molecule has 6 heteroatoms. The fourth-order valence-electron chi connectivity index (χ4n) is 2.02. The van der Waals surface area contributed by atoms with E-state index in [1.165, 1.54) is 0 Å². The number of piperidine rings is 1. The lowest BCUT2D eigenvalue weighted by Gasteiger charge is -2.45. The Balaban J connectivity index is 2.05. The van der Waals surface area contributed by atoms with Crippen LogP contribution in [0.25, 0.3) is 0 Å². The molecule has 3 rings (SSSR count). The van der Waals surface area contributed by atoms with Crippen molar-refractivity contribution in [1.82, 2.24) is 10.2 Å². The zero-order valence-electron chi connectivity index (χ0n) is 8.06. The molecular weight excluding hydrogens is 204 g/mol. The molecule has 14 heavy (non-hydrogen) atoms. The summed E-state index contributed by atoms with van der Waals surface area (Å²) >= 11 is 0. The Hall–Kier alpha value is -0.620. The molecule has 0 aromatic heterocycles. The van der Waals surface area contributed by atoms with Crippen molar-refractivity contribution in [2.24, 2.45) is 0 Å². The minimum absolute atomic E-state index is 0.206. The molecular formula is C8H14N2O3S. The van der Waals surface area contributed by atoms with Gasteiger partial charge in [0.2, 0.25) is 5.91 Å². The van der Waals surface area contributed by atoms with Gasteiger partial charge in [0.25, 0.3) is 0 Å². The van der Waals surface area contributed by atoms with Gasteiger partial charge in [0.1, 0.15) is 5.25 Å². The summed E-state index contributed by atoms with van der Waals surface area (Å²) in [6.07, 6.45) is 0.539. The third-order valence-electron chi connectivity index (χ3n) is 2.98. The SMILES string of the molecule is CNCCN1CC2CC(C1=O)S2(=O)=O. The summed E-state index contributed by atoms with van der Waals surface area (Å²) in [6.45, 7) is 1.71. The number of hydrogen-bond donors (Lipinski definition) is 1. The van der Waals surface area contributed by atoms with E-state index in [-0.39, 0.29) is 11.2 Å². The van der Waals surface area contributed by atoms with E-state index in [1.807, 2.05) is 7.05 Å². The van der Waals surface area contributed by atoms with Crippen LogP contribution in [0.1, 0.15) is 6.42 Å². The predicted octanol–water partition coefficient (Wildman–Crippen LogP) is -1.40. The van der Waals surface area contributed by atoms with E-state index < -0.39 is 15.1 Å². The summed E-state index contributed by atoms with van der Waals surface area (Å²) in [4.78, 5) is 13.3. The maximum Gasteiger partial charge on any atom is 0.241 e. The second kappa shape index (κ2) is 3.20. The summed E-state index contributed by atoms with van der Waals surface area (Å²) in [5.41, 5.74) is 0. The summed E-state index contributed by atoms with van der Waals surface area (Å²) in [5, 5.41) is 1.93. The van der Waals surface area contributed by atoms with E-state index in [4.69, 9.17) is 0 Å². The van der Waals surface area contributed by atoms with Gasteiger partial charge in [0.05, 0.1) is 5.25 Å². The van der Waals surface area contributed by atoms with Crippen molar-refractivity contribution in [3.63, 3.8) is 0 Å². The Morgan fingerprint density at radius 2 is 2.29 bits per heavy atom. The monoisotopic (exact) mass is 218 g/mol. The van der Waals surface area contributed by atoms with Crippen molar-refractivity contribution >= 4 is 15.7 Å². The van der Waals surface area contributed by atoms with E-state index >= 15 is 0 Å². The summed E-state index contributed by atoms with van der Waals surface area (Å²) in [6, 6.07) is 0. The summed E-state index contributed by atoms with van der Waals surface area (Å²) in [7, 11) is -1.27. The molecule has 3 fully saturated rings. The number of rotatable bonds is 3. The van der Waals surface area contributed by atoms with Gasteiger partial charge in [-0.3, -0.25) is 4.79 Å². The molecule has 2 unspecified atom stereocenters. The molecule has 2 bridgehead atoms. The average Bonchev–Trinajstić information content (AvgIpc) is 2.15. The van der Waals surface area contributed by atoms with Crippen molar-refractivity contribution < 1.29 is 13.2 Å². The lowest BCUT2D eigenvalue weighted by atomic mass is 10.1. The molecule has 1 N–H and O–H groups in total. The molecule has 0 spiro atoms. The first-order valence-corrected chi connectivity index (χ1v) is 6.34. The van der Waals surface area contributed by atoms with Crippen molar-refractivity contribution in [1.29, 1.82) is 0 Å². The van der Waals surface area contributed by atoms with Crippen LogP contribution in [-0.4, -0.2) is 56.4 Å². The molecule has 0 aromatic carbocycles. The van der Waals surface area contributed by atoms with Gasteiger partial charge in [-0.25, -0.2) is 8.42 Å². The molecule has 3 heterocycles. The molecule has 5 nitrogen and oxygen atoms in total. The second-order valence-corrected chi connectivity index (χ2v) is 6.24. The van der Waals surface area contributed by atoms with Gasteiger partial charge in [-0.15, -0.1) is 0 Å². The minimum atomic E-state index is -3.08. The number of nitrogens with zero attached hydrogens (tertiary/aromatic N) is 1. The maximum atomic E-state index is 11.6. The van der Waals surface area contributed by atoms with E-state index in [9.17, 15) is 13.2 Å². The second-order valence-electron chi connectivity index (χ2n) is 3.82. The highest BCUT2D eigenvalue weighted by molar-refractivity contribution is 7.95. The van der Waals surface area contributed by atoms with Crippen molar-refractivity contribution in [2.75, 3.05) is 26.7 Å². The van der Waals surface area contributed by atoms with Crippen LogP contribution in [0.15, 0.2) is 0 Å². The Bertz CT molecular complexity index is 352. The number of fused-ring (bicyclic) bond motifs is 2. The number of carbonyl (C=O) groups is 1. The van der Waals surface area contributed by atoms with Gasteiger partial charge < -0.3 is 10.2 Å². The average molecular weight is 218 g/mol. The van der Waals surface area contributed by atoms with Crippen molar-refractivity contribution in [3.05, 3.63) is 0 Å². The third kappa shape index (κ3) is 1.25. The lowest BCUT2D eigenvalue weighted by molar-refractivity contribution is -0.133. The molecule has 3 saturated heterocycles. The standard InChI is InChI=1S/C8H14N2O3S/c1-9-2-3-10-5-6-4-7(8(10)11)14(6,12)13/h6-7,9H,2-5H2,1H3. The molecule has 0 radical (unpaired) electrons. The molecule has 3 aliphatic heterocycles. The number of carbonyl (C=O) groups excluding carboxylic acids is 1. The van der Waals surface area contributed by atoms with E-state index in [2.05, 4.69) is 5.32 Å². The molecule has 0 aliphatic carbocycles. The van der Waals surface area contributed by atoms with Crippen LogP contribution < -0.4 is 5.32 Å². The molecule has 3 aliphatic rings. The zero-order chi connectivity index (χ0) is 10.3. The van der Waals surface area contributed by atoms with Gasteiger partial charge >= 0.3 is 0 Å². The Morgan fingerprint density at radius 1 is 1.57 bits per heavy atom. The van der Waals surface area contributed by atoms with E-state index in [0.29, 0.717) is 26.1 Å². The Kier molecular flexibility index (Phi) is 2.27. The molecule has 0 aromatic rings. The van der Waals surface area contributed by atoms with Crippen molar-refractivity contribution in [2.45, 2.75) is 16.9 Å².